The number of nitrogens with zero attached hydrogens (tertiary/aromatic N) is 2. The van der Waals surface area contributed by atoms with Gasteiger partial charge in [0.25, 0.3) is 0 Å². The van der Waals surface area contributed by atoms with E-state index >= 15 is 0 Å². The number of phenols is 1. The number of carboxylic acid groups (broad SMARTS) is 1. The van der Waals surface area contributed by atoms with Crippen molar-refractivity contribution in [3.8, 4) is 11.5 Å². The van der Waals surface area contributed by atoms with Gasteiger partial charge in [-0.1, -0.05) is 6.07 Å². The molecule has 0 bridgehead atoms. The molecule has 0 saturated carbocycles. The Labute approximate surface area is 107 Å². The van der Waals surface area contributed by atoms with Gasteiger partial charge in [0.15, 0.2) is 5.69 Å². The van der Waals surface area contributed by atoms with Gasteiger partial charge in [0.05, 0.1) is 0 Å². The molecular formula is C12H10N2O5. The summed E-state index contributed by atoms with van der Waals surface area (Å²) >= 11 is 0. The van der Waals surface area contributed by atoms with E-state index in [-0.39, 0.29) is 22.9 Å². The molecule has 2 rings (SSSR count). The molecule has 2 N–H and O–H groups in total. The fourth-order valence-electron chi connectivity index (χ4n) is 1.47. The number of hydrogen-bond donors (Lipinski definition) is 2. The molecule has 1 aromatic carbocycles. The summed E-state index contributed by atoms with van der Waals surface area (Å²) < 4.78 is 6.12. The number of carbonyl (C=O) groups excluding carboxylic acids is 1. The first kappa shape index (κ1) is 12.6. The van der Waals surface area contributed by atoms with Crippen LogP contribution in [0, 0.1) is 0 Å². The molecule has 0 spiro atoms. The van der Waals surface area contributed by atoms with Crippen LogP contribution < -0.4 is 4.74 Å². The molecule has 0 radical (unpaired) electrons. The zero-order chi connectivity index (χ0) is 14.0. The van der Waals surface area contributed by atoms with E-state index in [0.717, 1.165) is 10.7 Å². The average molecular weight is 262 g/mol. The molecule has 7 heteroatoms. The van der Waals surface area contributed by atoms with Gasteiger partial charge in [0, 0.05) is 19.2 Å². The van der Waals surface area contributed by atoms with Gasteiger partial charge in [0.1, 0.15) is 17.2 Å². The fraction of sp³-hybridized carbons (Fsp3) is 0.0833. The largest absolute Gasteiger partial charge is 0.508 e. The van der Waals surface area contributed by atoms with Crippen LogP contribution in [0.15, 0.2) is 30.3 Å². The van der Waals surface area contributed by atoms with Crippen LogP contribution in [-0.2, 0) is 7.05 Å². The summed E-state index contributed by atoms with van der Waals surface area (Å²) in [5, 5.41) is 21.7. The number of aryl methyl sites for hydroxylation is 1. The van der Waals surface area contributed by atoms with Gasteiger partial charge in [-0.2, -0.15) is 5.10 Å². The molecule has 0 saturated heterocycles. The van der Waals surface area contributed by atoms with E-state index in [4.69, 9.17) is 9.84 Å². The predicted octanol–water partition coefficient (Wildman–Crippen LogP) is 1.04. The number of aromatic carboxylic acids is 1. The van der Waals surface area contributed by atoms with Crippen molar-refractivity contribution in [1.82, 2.24) is 9.78 Å². The maximum Gasteiger partial charge on any atom is 0.362 e. The summed E-state index contributed by atoms with van der Waals surface area (Å²) in [7, 11) is 1.44. The van der Waals surface area contributed by atoms with Crippen LogP contribution in [0.5, 0.6) is 11.5 Å². The minimum absolute atomic E-state index is 0.000688. The average Bonchev–Trinajstić information content (AvgIpc) is 2.71. The Morgan fingerprint density at radius 2 is 2.05 bits per heavy atom. The van der Waals surface area contributed by atoms with E-state index < -0.39 is 11.9 Å². The molecule has 0 atom stereocenters. The van der Waals surface area contributed by atoms with Gasteiger partial charge in [-0.15, -0.1) is 0 Å². The lowest BCUT2D eigenvalue weighted by Gasteiger charge is -2.04. The summed E-state index contributed by atoms with van der Waals surface area (Å²) in [6, 6.07) is 6.83. The lowest BCUT2D eigenvalue weighted by Crippen LogP contribution is -2.13. The fourth-order valence-corrected chi connectivity index (χ4v) is 1.47. The molecular weight excluding hydrogens is 252 g/mol. The Hall–Kier alpha value is -2.83. The molecule has 1 aromatic heterocycles. The van der Waals surface area contributed by atoms with Crippen molar-refractivity contribution >= 4 is 11.9 Å². The highest BCUT2D eigenvalue weighted by Crippen LogP contribution is 2.19. The van der Waals surface area contributed by atoms with Gasteiger partial charge >= 0.3 is 11.9 Å². The third kappa shape index (κ3) is 2.71. The van der Waals surface area contributed by atoms with E-state index in [0.29, 0.717) is 0 Å². The first-order valence-corrected chi connectivity index (χ1v) is 5.26. The number of phenolic OH excluding ortho intramolecular Hbond substituents is 1. The summed E-state index contributed by atoms with van der Waals surface area (Å²) in [4.78, 5) is 22.6. The Kier molecular flexibility index (Phi) is 3.19. The molecule has 0 amide bonds. The third-order valence-electron chi connectivity index (χ3n) is 2.34. The minimum Gasteiger partial charge on any atom is -0.508 e. The maximum atomic E-state index is 11.8. The number of aromatic hydroxyl groups is 1. The maximum absolute atomic E-state index is 11.8. The van der Waals surface area contributed by atoms with E-state index in [1.54, 1.807) is 0 Å². The van der Waals surface area contributed by atoms with Crippen molar-refractivity contribution in [1.29, 1.82) is 0 Å². The molecule has 2 aromatic rings. The Balaban J connectivity index is 2.23. The van der Waals surface area contributed by atoms with Crippen molar-refractivity contribution < 1.29 is 24.5 Å². The number of ether oxygens (including phenoxy) is 1. The number of rotatable bonds is 3. The molecule has 98 valence electrons. The second kappa shape index (κ2) is 4.81. The lowest BCUT2D eigenvalue weighted by atomic mass is 10.3. The molecule has 0 aliphatic carbocycles. The Morgan fingerprint density at radius 1 is 1.32 bits per heavy atom. The quantitative estimate of drug-likeness (QED) is 0.633. The monoisotopic (exact) mass is 262 g/mol. The topological polar surface area (TPSA) is 102 Å². The Bertz CT molecular complexity index is 647. The normalized spacial score (nSPS) is 10.2. The van der Waals surface area contributed by atoms with Gasteiger partial charge in [-0.05, 0) is 12.1 Å². The summed E-state index contributed by atoms with van der Waals surface area (Å²) in [6.07, 6.45) is 0. The molecule has 0 aliphatic rings. The van der Waals surface area contributed by atoms with Gasteiger partial charge < -0.3 is 14.9 Å². The molecule has 0 aliphatic heterocycles. The molecule has 0 fully saturated rings. The number of carbonyl (C=O) groups is 2. The third-order valence-corrected chi connectivity index (χ3v) is 2.34. The molecule has 7 nitrogen and oxygen atoms in total. The van der Waals surface area contributed by atoms with Crippen molar-refractivity contribution in [3.05, 3.63) is 41.7 Å². The molecule has 0 unspecified atom stereocenters. The van der Waals surface area contributed by atoms with E-state index in [9.17, 15) is 14.7 Å². The zero-order valence-corrected chi connectivity index (χ0v) is 9.90. The van der Waals surface area contributed by atoms with Crippen molar-refractivity contribution in [2.75, 3.05) is 0 Å². The lowest BCUT2D eigenvalue weighted by molar-refractivity contribution is 0.0687. The SMILES string of the molecule is Cn1nc(C(=O)O)cc1C(=O)Oc1cccc(O)c1. The van der Waals surface area contributed by atoms with E-state index in [1.807, 2.05) is 0 Å². The van der Waals surface area contributed by atoms with Crippen LogP contribution in [0.1, 0.15) is 21.0 Å². The number of esters is 1. The summed E-state index contributed by atoms with van der Waals surface area (Å²) in [5.41, 5.74) is -0.244. The number of aromatic nitrogens is 2. The zero-order valence-electron chi connectivity index (χ0n) is 9.90. The molecule has 1 heterocycles. The number of carboxylic acids is 1. The van der Waals surface area contributed by atoms with Crippen LogP contribution in [0.2, 0.25) is 0 Å². The van der Waals surface area contributed by atoms with Gasteiger partial charge in [0.2, 0.25) is 0 Å². The van der Waals surface area contributed by atoms with Gasteiger partial charge in [-0.25, -0.2) is 9.59 Å². The number of hydrogen-bond acceptors (Lipinski definition) is 5. The number of benzene rings is 1. The summed E-state index contributed by atoms with van der Waals surface area (Å²) in [5.74, 6) is -1.87. The highest BCUT2D eigenvalue weighted by Gasteiger charge is 2.18. The van der Waals surface area contributed by atoms with Crippen molar-refractivity contribution in [2.45, 2.75) is 0 Å². The van der Waals surface area contributed by atoms with Crippen LogP contribution in [-0.4, -0.2) is 31.9 Å². The first-order chi connectivity index (χ1) is 8.97. The smallest absolute Gasteiger partial charge is 0.362 e. The highest BCUT2D eigenvalue weighted by atomic mass is 16.5. The van der Waals surface area contributed by atoms with Crippen molar-refractivity contribution in [2.24, 2.45) is 7.05 Å². The molecule has 19 heavy (non-hydrogen) atoms. The standard InChI is InChI=1S/C12H10N2O5/c1-14-10(6-9(13-14)11(16)17)12(18)19-8-4-2-3-7(15)5-8/h2-6,15H,1H3,(H,16,17). The predicted molar refractivity (Wildman–Crippen MR) is 63.2 cm³/mol. The second-order valence-electron chi connectivity index (χ2n) is 3.73. The minimum atomic E-state index is -1.23. The first-order valence-electron chi connectivity index (χ1n) is 5.26. The van der Waals surface area contributed by atoms with Crippen LogP contribution in [0.3, 0.4) is 0 Å². The van der Waals surface area contributed by atoms with Crippen LogP contribution >= 0.6 is 0 Å². The Morgan fingerprint density at radius 3 is 2.63 bits per heavy atom. The van der Waals surface area contributed by atoms with Gasteiger partial charge in [-0.3, -0.25) is 4.68 Å². The summed E-state index contributed by atoms with van der Waals surface area (Å²) in [6.45, 7) is 0. The second-order valence-corrected chi connectivity index (χ2v) is 3.73. The van der Waals surface area contributed by atoms with E-state index in [2.05, 4.69) is 5.10 Å². The van der Waals surface area contributed by atoms with Crippen molar-refractivity contribution in [3.63, 3.8) is 0 Å². The highest BCUT2D eigenvalue weighted by molar-refractivity contribution is 5.93. The van der Waals surface area contributed by atoms with E-state index in [1.165, 1.54) is 31.3 Å². The van der Waals surface area contributed by atoms with Crippen LogP contribution in [0.25, 0.3) is 0 Å². The van der Waals surface area contributed by atoms with Crippen LogP contribution in [0.4, 0.5) is 0 Å².